The summed E-state index contributed by atoms with van der Waals surface area (Å²) in [5.41, 5.74) is 3.58. The molecule has 1 N–H and O–H groups in total. The first-order chi connectivity index (χ1) is 12.6. The van der Waals surface area contributed by atoms with Gasteiger partial charge in [-0.25, -0.2) is 4.98 Å². The van der Waals surface area contributed by atoms with E-state index >= 15 is 0 Å². The van der Waals surface area contributed by atoms with Crippen molar-refractivity contribution in [1.29, 1.82) is 0 Å². The zero-order valence-corrected chi connectivity index (χ0v) is 16.3. The van der Waals surface area contributed by atoms with E-state index in [-0.39, 0.29) is 5.91 Å². The van der Waals surface area contributed by atoms with Crippen LogP contribution >= 0.6 is 11.8 Å². The van der Waals surface area contributed by atoms with Crippen molar-refractivity contribution >= 4 is 17.7 Å². The van der Waals surface area contributed by atoms with Crippen molar-refractivity contribution in [3.05, 3.63) is 41.7 Å². The van der Waals surface area contributed by atoms with Crippen LogP contribution in [0.4, 0.5) is 0 Å². The van der Waals surface area contributed by atoms with Gasteiger partial charge in [0, 0.05) is 32.2 Å². The van der Waals surface area contributed by atoms with E-state index in [0.717, 1.165) is 36.4 Å². The molecule has 1 aliphatic rings. The molecule has 1 aromatic carbocycles. The molecule has 1 heterocycles. The van der Waals surface area contributed by atoms with E-state index in [0.29, 0.717) is 12.3 Å². The summed E-state index contributed by atoms with van der Waals surface area (Å²) in [6, 6.07) is 6.23. The maximum atomic E-state index is 12.0. The van der Waals surface area contributed by atoms with Gasteiger partial charge in [0.15, 0.2) is 5.16 Å². The lowest BCUT2D eigenvalue weighted by Crippen LogP contribution is -2.27. The third-order valence-electron chi connectivity index (χ3n) is 4.61. The van der Waals surface area contributed by atoms with Crippen molar-refractivity contribution < 1.29 is 9.53 Å². The van der Waals surface area contributed by atoms with Gasteiger partial charge in [0.05, 0.1) is 11.4 Å². The number of hydrogen-bond donors (Lipinski definition) is 1. The summed E-state index contributed by atoms with van der Waals surface area (Å²) >= 11 is 1.46. The van der Waals surface area contributed by atoms with Gasteiger partial charge >= 0.3 is 0 Å². The lowest BCUT2D eigenvalue weighted by molar-refractivity contribution is -0.118. The minimum Gasteiger partial charge on any atom is -0.381 e. The van der Waals surface area contributed by atoms with Crippen molar-refractivity contribution in [2.75, 3.05) is 25.5 Å². The summed E-state index contributed by atoms with van der Waals surface area (Å²) in [4.78, 5) is 16.5. The molecule has 0 atom stereocenters. The maximum Gasteiger partial charge on any atom is 0.230 e. The Morgan fingerprint density at radius 1 is 1.38 bits per heavy atom. The molecule has 0 radical (unpaired) electrons. The maximum absolute atomic E-state index is 12.0. The van der Waals surface area contributed by atoms with Crippen LogP contribution in [0.1, 0.15) is 30.4 Å². The molecule has 2 aromatic rings. The zero-order chi connectivity index (χ0) is 18.4. The molecule has 1 amide bonds. The average Bonchev–Trinajstić information content (AvgIpc) is 3.34. The van der Waals surface area contributed by atoms with Crippen LogP contribution in [0.3, 0.4) is 0 Å². The second-order valence-electron chi connectivity index (χ2n) is 6.81. The van der Waals surface area contributed by atoms with Gasteiger partial charge in [-0.3, -0.25) is 9.36 Å². The molecule has 0 spiro atoms. The molecule has 0 bridgehead atoms. The van der Waals surface area contributed by atoms with Crippen LogP contribution in [-0.2, 0) is 9.53 Å². The van der Waals surface area contributed by atoms with E-state index in [2.05, 4.69) is 36.3 Å². The molecule has 0 aliphatic heterocycles. The van der Waals surface area contributed by atoms with Crippen molar-refractivity contribution in [2.45, 2.75) is 38.3 Å². The van der Waals surface area contributed by atoms with Gasteiger partial charge in [0.2, 0.25) is 5.91 Å². The number of carbonyl (C=O) groups excluding carboxylic acids is 1. The minimum atomic E-state index is 0.0349. The van der Waals surface area contributed by atoms with Crippen molar-refractivity contribution in [3.63, 3.8) is 0 Å². The number of carbonyl (C=O) groups is 1. The second kappa shape index (κ2) is 9.24. The molecule has 0 saturated heterocycles. The van der Waals surface area contributed by atoms with Crippen LogP contribution < -0.4 is 5.32 Å². The van der Waals surface area contributed by atoms with Gasteiger partial charge in [0.1, 0.15) is 0 Å². The molecule has 1 aromatic heterocycles. The van der Waals surface area contributed by atoms with Crippen molar-refractivity contribution in [2.24, 2.45) is 5.92 Å². The summed E-state index contributed by atoms with van der Waals surface area (Å²) in [5.74, 6) is 1.19. The second-order valence-corrected chi connectivity index (χ2v) is 7.75. The Labute approximate surface area is 159 Å². The summed E-state index contributed by atoms with van der Waals surface area (Å²) in [6.45, 7) is 6.47. The first-order valence-corrected chi connectivity index (χ1v) is 10.2. The molecule has 0 unspecified atom stereocenters. The third-order valence-corrected chi connectivity index (χ3v) is 5.58. The van der Waals surface area contributed by atoms with Gasteiger partial charge in [-0.2, -0.15) is 0 Å². The number of aryl methyl sites for hydroxylation is 1. The fourth-order valence-corrected chi connectivity index (χ4v) is 3.49. The Morgan fingerprint density at radius 2 is 2.23 bits per heavy atom. The predicted molar refractivity (Wildman–Crippen MR) is 105 cm³/mol. The van der Waals surface area contributed by atoms with E-state index in [9.17, 15) is 4.79 Å². The highest BCUT2D eigenvalue weighted by atomic mass is 32.2. The number of benzene rings is 1. The molecule has 5 nitrogen and oxygen atoms in total. The van der Waals surface area contributed by atoms with Crippen LogP contribution in [0.25, 0.3) is 5.69 Å². The topological polar surface area (TPSA) is 56.2 Å². The molecule has 3 rings (SSSR count). The number of imidazole rings is 1. The standard InChI is InChI=1S/C20H27N3O2S/c1-15-5-3-6-18(16(15)2)23-11-10-22-20(23)26-14-19(24)21-9-4-12-25-13-17-7-8-17/h3,5-6,10-11,17H,4,7-9,12-14H2,1-2H3,(H,21,24). The van der Waals surface area contributed by atoms with E-state index in [1.54, 1.807) is 6.20 Å². The molecular formula is C20H27N3O2S. The number of amides is 1. The summed E-state index contributed by atoms with van der Waals surface area (Å²) < 4.78 is 7.62. The lowest BCUT2D eigenvalue weighted by Gasteiger charge is -2.12. The number of ether oxygens (including phenoxy) is 1. The first-order valence-electron chi connectivity index (χ1n) is 9.22. The molecule has 1 saturated carbocycles. The van der Waals surface area contributed by atoms with Crippen molar-refractivity contribution in [3.8, 4) is 5.69 Å². The van der Waals surface area contributed by atoms with E-state index in [1.165, 1.54) is 35.7 Å². The van der Waals surface area contributed by atoms with Crippen LogP contribution in [0.5, 0.6) is 0 Å². The Hall–Kier alpha value is -1.79. The number of aromatic nitrogens is 2. The summed E-state index contributed by atoms with van der Waals surface area (Å²) in [5, 5.41) is 3.79. The van der Waals surface area contributed by atoms with Crippen LogP contribution in [0, 0.1) is 19.8 Å². The molecule has 1 fully saturated rings. The quantitative estimate of drug-likeness (QED) is 0.511. The summed E-state index contributed by atoms with van der Waals surface area (Å²) in [6.07, 6.45) is 7.20. The number of nitrogens with one attached hydrogen (secondary N) is 1. The lowest BCUT2D eigenvalue weighted by atomic mass is 10.1. The Balaban J connectivity index is 1.42. The fourth-order valence-electron chi connectivity index (χ4n) is 2.69. The predicted octanol–water partition coefficient (Wildman–Crippen LogP) is 3.51. The number of hydrogen-bond acceptors (Lipinski definition) is 4. The smallest absolute Gasteiger partial charge is 0.230 e. The monoisotopic (exact) mass is 373 g/mol. The van der Waals surface area contributed by atoms with Crippen molar-refractivity contribution in [1.82, 2.24) is 14.9 Å². The minimum absolute atomic E-state index is 0.0349. The number of nitrogens with zero attached hydrogens (tertiary/aromatic N) is 2. The van der Waals surface area contributed by atoms with E-state index < -0.39 is 0 Å². The number of thioether (sulfide) groups is 1. The fraction of sp³-hybridized carbons (Fsp3) is 0.500. The largest absolute Gasteiger partial charge is 0.381 e. The molecule has 26 heavy (non-hydrogen) atoms. The molecule has 140 valence electrons. The Morgan fingerprint density at radius 3 is 3.04 bits per heavy atom. The van der Waals surface area contributed by atoms with Crippen LogP contribution in [0.15, 0.2) is 35.7 Å². The third kappa shape index (κ3) is 5.35. The highest BCUT2D eigenvalue weighted by Gasteiger charge is 2.20. The van der Waals surface area contributed by atoms with Gasteiger partial charge in [-0.15, -0.1) is 0 Å². The Kier molecular flexibility index (Phi) is 6.74. The van der Waals surface area contributed by atoms with E-state index in [1.807, 2.05) is 16.8 Å². The van der Waals surface area contributed by atoms with Gasteiger partial charge in [-0.1, -0.05) is 23.9 Å². The molecule has 6 heteroatoms. The van der Waals surface area contributed by atoms with Gasteiger partial charge in [0.25, 0.3) is 0 Å². The van der Waals surface area contributed by atoms with Gasteiger partial charge in [-0.05, 0) is 56.2 Å². The Bertz CT molecular complexity index is 740. The molecule has 1 aliphatic carbocycles. The molecular weight excluding hydrogens is 346 g/mol. The normalized spacial score (nSPS) is 13.8. The van der Waals surface area contributed by atoms with Gasteiger partial charge < -0.3 is 10.1 Å². The first kappa shape index (κ1) is 19.0. The van der Waals surface area contributed by atoms with Crippen LogP contribution in [0.2, 0.25) is 0 Å². The highest BCUT2D eigenvalue weighted by Crippen LogP contribution is 2.28. The zero-order valence-electron chi connectivity index (χ0n) is 15.5. The highest BCUT2D eigenvalue weighted by molar-refractivity contribution is 7.99. The SMILES string of the molecule is Cc1cccc(-n2ccnc2SCC(=O)NCCCOCC2CC2)c1C. The summed E-state index contributed by atoms with van der Waals surface area (Å²) in [7, 11) is 0. The van der Waals surface area contributed by atoms with E-state index in [4.69, 9.17) is 4.74 Å². The number of rotatable bonds is 10. The average molecular weight is 374 g/mol. The van der Waals surface area contributed by atoms with Crippen LogP contribution in [-0.4, -0.2) is 41.0 Å².